The zero-order valence-corrected chi connectivity index (χ0v) is 21.2. The molecule has 7 heteroatoms. The molecule has 2 saturated heterocycles. The largest absolute Gasteiger partial charge is 0.458 e. The average molecular weight is 511 g/mol. The molecular formula is C25H35BrO6. The second-order valence-electron chi connectivity index (χ2n) is 10.8. The summed E-state index contributed by atoms with van der Waals surface area (Å²) in [6, 6.07) is 0. The van der Waals surface area contributed by atoms with E-state index in [4.69, 9.17) is 18.9 Å². The van der Waals surface area contributed by atoms with Crippen molar-refractivity contribution in [3.63, 3.8) is 0 Å². The van der Waals surface area contributed by atoms with E-state index in [2.05, 4.69) is 36.4 Å². The molecule has 4 aliphatic rings. The summed E-state index contributed by atoms with van der Waals surface area (Å²) in [7, 11) is 0. The predicted molar refractivity (Wildman–Crippen MR) is 123 cm³/mol. The number of ether oxygens (including phenoxy) is 4. The number of carbonyl (C=O) groups is 2. The van der Waals surface area contributed by atoms with Crippen molar-refractivity contribution in [1.82, 2.24) is 0 Å². The fraction of sp³-hybridized carbons (Fsp3) is 0.760. The van der Waals surface area contributed by atoms with Gasteiger partial charge in [0, 0.05) is 5.41 Å². The molecule has 0 unspecified atom stereocenters. The maximum atomic E-state index is 12.3. The van der Waals surface area contributed by atoms with Crippen molar-refractivity contribution in [2.24, 2.45) is 22.7 Å². The lowest BCUT2D eigenvalue weighted by Crippen LogP contribution is -2.62. The number of allylic oxidation sites excluding steroid dienone is 2. The summed E-state index contributed by atoms with van der Waals surface area (Å²) >= 11 is 3.10. The molecule has 0 aromatic heterocycles. The molecule has 0 aromatic rings. The quantitative estimate of drug-likeness (QED) is 0.236. The minimum Gasteiger partial charge on any atom is -0.458 e. The van der Waals surface area contributed by atoms with Crippen LogP contribution in [0, 0.1) is 22.7 Å². The van der Waals surface area contributed by atoms with Gasteiger partial charge >= 0.3 is 11.9 Å². The number of rotatable bonds is 4. The predicted octanol–water partition coefficient (Wildman–Crippen LogP) is 4.71. The van der Waals surface area contributed by atoms with Crippen molar-refractivity contribution in [3.05, 3.63) is 23.8 Å². The highest BCUT2D eigenvalue weighted by Gasteiger charge is 2.60. The van der Waals surface area contributed by atoms with Crippen LogP contribution >= 0.6 is 15.9 Å². The van der Waals surface area contributed by atoms with E-state index in [0.717, 1.165) is 25.7 Å². The smallest absolute Gasteiger partial charge is 0.337 e. The van der Waals surface area contributed by atoms with Crippen molar-refractivity contribution in [1.29, 1.82) is 0 Å². The lowest BCUT2D eigenvalue weighted by atomic mass is 9.46. The number of cyclic esters (lactones) is 1. The molecule has 0 radical (unpaired) electrons. The summed E-state index contributed by atoms with van der Waals surface area (Å²) in [5.74, 6) is -0.657. The number of esters is 2. The molecule has 0 bridgehead atoms. The van der Waals surface area contributed by atoms with Gasteiger partial charge in [0.25, 0.3) is 0 Å². The summed E-state index contributed by atoms with van der Waals surface area (Å²) in [6.07, 6.45) is 6.25. The van der Waals surface area contributed by atoms with E-state index >= 15 is 0 Å². The van der Waals surface area contributed by atoms with Gasteiger partial charge < -0.3 is 18.9 Å². The molecule has 6 nitrogen and oxygen atoms in total. The number of carbonyl (C=O) groups excluding carboxylic acids is 2. The van der Waals surface area contributed by atoms with Crippen molar-refractivity contribution in [2.75, 3.05) is 18.5 Å². The van der Waals surface area contributed by atoms with Crippen LogP contribution in [0.1, 0.15) is 59.8 Å². The normalized spacial score (nSPS) is 42.2. The van der Waals surface area contributed by atoms with E-state index in [1.807, 2.05) is 19.9 Å². The first-order valence-corrected chi connectivity index (χ1v) is 12.7. The van der Waals surface area contributed by atoms with Gasteiger partial charge in [0.1, 0.15) is 11.9 Å². The maximum Gasteiger partial charge on any atom is 0.337 e. The molecule has 0 spiro atoms. The van der Waals surface area contributed by atoms with Crippen molar-refractivity contribution < 1.29 is 28.5 Å². The van der Waals surface area contributed by atoms with Gasteiger partial charge in [-0.15, -0.1) is 0 Å². The lowest BCUT2D eigenvalue weighted by molar-refractivity contribution is -0.344. The highest BCUT2D eigenvalue weighted by Crippen LogP contribution is 2.63. The standard InChI is InChI=1S/C25H35BrO6/c1-15-6-9-19-24(4,11-10-20-25(19,5)14-30-23(2,3)32-20)17(15)8-7-16-18(13-29-22(16)28)31-21(27)12-26/h7,17-20H,1,6,8-14H2,2-5H3/b16-7+/t17-,18-,19+,20-,24+,25+/m1/s1. The van der Waals surface area contributed by atoms with Crippen LogP contribution in [0.4, 0.5) is 0 Å². The Kier molecular flexibility index (Phi) is 6.40. The Balaban J connectivity index is 1.57. The summed E-state index contributed by atoms with van der Waals surface area (Å²) in [4.78, 5) is 24.1. The van der Waals surface area contributed by atoms with Gasteiger partial charge in [-0.3, -0.25) is 4.79 Å². The Hall–Kier alpha value is -1.18. The topological polar surface area (TPSA) is 71.1 Å². The Morgan fingerprint density at radius 3 is 2.72 bits per heavy atom. The SMILES string of the molecule is C=C1CC[C@@H]2[C@]3(C)COC(C)(C)O[C@@H]3CC[C@@]2(C)[C@@H]1C/C=C1/C(=O)OC[C@H]1OC(=O)CBr. The van der Waals surface area contributed by atoms with Gasteiger partial charge in [0.2, 0.25) is 0 Å². The molecule has 0 N–H and O–H groups in total. The first kappa shape index (κ1) is 24.0. The number of hydrogen-bond acceptors (Lipinski definition) is 6. The van der Waals surface area contributed by atoms with E-state index in [-0.39, 0.29) is 34.8 Å². The van der Waals surface area contributed by atoms with Gasteiger partial charge in [0.15, 0.2) is 11.9 Å². The summed E-state index contributed by atoms with van der Waals surface area (Å²) in [5, 5.41) is 0.0881. The second kappa shape index (κ2) is 8.55. The highest BCUT2D eigenvalue weighted by molar-refractivity contribution is 9.09. The van der Waals surface area contributed by atoms with Crippen LogP contribution in [0.5, 0.6) is 0 Å². The minimum absolute atomic E-state index is 0.0381. The molecule has 0 amide bonds. The van der Waals surface area contributed by atoms with Crippen LogP contribution in [0.25, 0.3) is 0 Å². The number of hydrogen-bond donors (Lipinski definition) is 0. The Labute approximate surface area is 199 Å². The van der Waals surface area contributed by atoms with Gasteiger partial charge in [-0.25, -0.2) is 4.79 Å². The van der Waals surface area contributed by atoms with Gasteiger partial charge in [0.05, 0.1) is 18.3 Å². The molecule has 4 rings (SSSR count). The van der Waals surface area contributed by atoms with Crippen LogP contribution in [0.2, 0.25) is 0 Å². The minimum atomic E-state index is -0.636. The van der Waals surface area contributed by atoms with Crippen LogP contribution < -0.4 is 0 Å². The molecule has 32 heavy (non-hydrogen) atoms. The molecule has 2 aliphatic heterocycles. The number of alkyl halides is 1. The molecule has 2 saturated carbocycles. The third-order valence-corrected chi connectivity index (χ3v) is 8.84. The number of halogens is 1. The first-order chi connectivity index (χ1) is 15.0. The second-order valence-corrected chi connectivity index (χ2v) is 11.3. The van der Waals surface area contributed by atoms with E-state index in [0.29, 0.717) is 24.5 Å². The summed E-state index contributed by atoms with van der Waals surface area (Å²) in [5.41, 5.74) is 1.68. The van der Waals surface area contributed by atoms with E-state index in [1.54, 1.807) is 0 Å². The third-order valence-electron chi connectivity index (χ3n) is 8.38. The first-order valence-electron chi connectivity index (χ1n) is 11.6. The van der Waals surface area contributed by atoms with Gasteiger partial charge in [-0.1, -0.05) is 48.0 Å². The molecular weight excluding hydrogens is 476 g/mol. The molecule has 2 aliphatic carbocycles. The molecule has 4 fully saturated rings. The molecule has 0 aromatic carbocycles. The van der Waals surface area contributed by atoms with Crippen LogP contribution in [-0.4, -0.2) is 48.5 Å². The highest BCUT2D eigenvalue weighted by atomic mass is 79.9. The van der Waals surface area contributed by atoms with Gasteiger partial charge in [-0.05, 0) is 63.2 Å². The monoisotopic (exact) mass is 510 g/mol. The van der Waals surface area contributed by atoms with E-state index in [1.165, 1.54) is 5.57 Å². The summed E-state index contributed by atoms with van der Waals surface area (Å²) in [6.45, 7) is 13.9. The Bertz CT molecular complexity index is 834. The average Bonchev–Trinajstić information content (AvgIpc) is 3.07. The van der Waals surface area contributed by atoms with Crippen molar-refractivity contribution >= 4 is 27.9 Å². The van der Waals surface area contributed by atoms with Crippen molar-refractivity contribution in [3.8, 4) is 0 Å². The lowest BCUT2D eigenvalue weighted by Gasteiger charge is -2.63. The third kappa shape index (κ3) is 4.09. The van der Waals surface area contributed by atoms with Crippen molar-refractivity contribution in [2.45, 2.75) is 77.8 Å². The maximum absolute atomic E-state index is 12.3. The zero-order chi connectivity index (χ0) is 23.3. The van der Waals surface area contributed by atoms with E-state index < -0.39 is 23.8 Å². The van der Waals surface area contributed by atoms with Crippen LogP contribution in [0.3, 0.4) is 0 Å². The summed E-state index contributed by atoms with van der Waals surface area (Å²) < 4.78 is 23.1. The Morgan fingerprint density at radius 1 is 1.25 bits per heavy atom. The molecule has 2 heterocycles. The van der Waals surface area contributed by atoms with Crippen LogP contribution in [-0.2, 0) is 28.5 Å². The van der Waals surface area contributed by atoms with E-state index in [9.17, 15) is 9.59 Å². The van der Waals surface area contributed by atoms with Crippen LogP contribution in [0.15, 0.2) is 23.8 Å². The van der Waals surface area contributed by atoms with Gasteiger partial charge in [-0.2, -0.15) is 0 Å². The fourth-order valence-electron chi connectivity index (χ4n) is 6.70. The number of fused-ring (bicyclic) bond motifs is 3. The zero-order valence-electron chi connectivity index (χ0n) is 19.6. The molecule has 178 valence electrons. The fourth-order valence-corrected chi connectivity index (χ4v) is 6.83. The molecule has 6 atom stereocenters. The Morgan fingerprint density at radius 2 is 2.00 bits per heavy atom.